The quantitative estimate of drug-likeness (QED) is 0.780. The third-order valence-electron chi connectivity index (χ3n) is 4.30. The molecule has 1 atom stereocenters. The van der Waals surface area contributed by atoms with Crippen molar-refractivity contribution < 1.29 is 9.53 Å². The number of ether oxygens (including phenoxy) is 1. The molecule has 1 aromatic heterocycles. The molecule has 3 heteroatoms. The third kappa shape index (κ3) is 2.80. The average Bonchev–Trinajstić information content (AvgIpc) is 3.22. The maximum absolute atomic E-state index is 11.9. The first-order valence-corrected chi connectivity index (χ1v) is 7.41. The second kappa shape index (κ2) is 5.32. The summed E-state index contributed by atoms with van der Waals surface area (Å²) in [5.41, 5.74) is 2.99. The SMILES string of the molecule is CCOC(=O)c1nccc2c1CCC(CC1CC1)C2. The molecule has 1 unspecified atom stereocenters. The van der Waals surface area contributed by atoms with E-state index in [1.165, 1.54) is 31.2 Å². The Morgan fingerprint density at radius 1 is 1.37 bits per heavy atom. The zero-order valence-corrected chi connectivity index (χ0v) is 11.5. The molecule has 0 amide bonds. The fourth-order valence-electron chi connectivity index (χ4n) is 3.17. The summed E-state index contributed by atoms with van der Waals surface area (Å²) in [4.78, 5) is 16.1. The minimum atomic E-state index is -0.264. The maximum Gasteiger partial charge on any atom is 0.357 e. The molecule has 2 aliphatic rings. The molecule has 0 saturated heterocycles. The van der Waals surface area contributed by atoms with E-state index in [9.17, 15) is 4.79 Å². The van der Waals surface area contributed by atoms with Crippen molar-refractivity contribution in [2.75, 3.05) is 6.61 Å². The Morgan fingerprint density at radius 2 is 2.21 bits per heavy atom. The van der Waals surface area contributed by atoms with Crippen LogP contribution in [0, 0.1) is 11.8 Å². The number of hydrogen-bond donors (Lipinski definition) is 0. The van der Waals surface area contributed by atoms with E-state index in [0.717, 1.165) is 30.2 Å². The first-order valence-electron chi connectivity index (χ1n) is 7.41. The molecule has 102 valence electrons. The molecule has 0 aliphatic heterocycles. The van der Waals surface area contributed by atoms with E-state index < -0.39 is 0 Å². The van der Waals surface area contributed by atoms with Gasteiger partial charge in [0.05, 0.1) is 6.61 Å². The van der Waals surface area contributed by atoms with Crippen molar-refractivity contribution in [2.24, 2.45) is 11.8 Å². The van der Waals surface area contributed by atoms with Crippen molar-refractivity contribution in [1.29, 1.82) is 0 Å². The molecular weight excluding hydrogens is 238 g/mol. The minimum absolute atomic E-state index is 0.264. The van der Waals surface area contributed by atoms with E-state index in [0.29, 0.717) is 12.3 Å². The van der Waals surface area contributed by atoms with Crippen LogP contribution in [-0.2, 0) is 17.6 Å². The lowest BCUT2D eigenvalue weighted by molar-refractivity contribution is 0.0517. The molecule has 0 N–H and O–H groups in total. The van der Waals surface area contributed by atoms with E-state index in [1.807, 2.05) is 6.92 Å². The summed E-state index contributed by atoms with van der Waals surface area (Å²) in [5, 5.41) is 0. The summed E-state index contributed by atoms with van der Waals surface area (Å²) in [6, 6.07) is 2.08. The number of esters is 1. The highest BCUT2D eigenvalue weighted by molar-refractivity contribution is 5.89. The number of rotatable bonds is 4. The Balaban J connectivity index is 1.77. The van der Waals surface area contributed by atoms with Crippen LogP contribution in [0.5, 0.6) is 0 Å². The van der Waals surface area contributed by atoms with Crippen LogP contribution >= 0.6 is 0 Å². The highest BCUT2D eigenvalue weighted by atomic mass is 16.5. The normalized spacial score (nSPS) is 21.8. The van der Waals surface area contributed by atoms with Gasteiger partial charge in [0.15, 0.2) is 5.69 Å². The minimum Gasteiger partial charge on any atom is -0.461 e. The average molecular weight is 259 g/mol. The predicted octanol–water partition coefficient (Wildman–Crippen LogP) is 3.16. The maximum atomic E-state index is 11.9. The third-order valence-corrected chi connectivity index (χ3v) is 4.30. The monoisotopic (exact) mass is 259 g/mol. The van der Waals surface area contributed by atoms with E-state index in [-0.39, 0.29) is 5.97 Å². The number of aromatic nitrogens is 1. The number of fused-ring (bicyclic) bond motifs is 1. The molecule has 2 aliphatic carbocycles. The van der Waals surface area contributed by atoms with Crippen LogP contribution in [0.4, 0.5) is 0 Å². The van der Waals surface area contributed by atoms with Gasteiger partial charge in [-0.2, -0.15) is 0 Å². The summed E-state index contributed by atoms with van der Waals surface area (Å²) in [7, 11) is 0. The van der Waals surface area contributed by atoms with Crippen molar-refractivity contribution in [3.8, 4) is 0 Å². The van der Waals surface area contributed by atoms with Crippen LogP contribution in [0.2, 0.25) is 0 Å². The van der Waals surface area contributed by atoms with Crippen LogP contribution in [0.25, 0.3) is 0 Å². The number of pyridine rings is 1. The summed E-state index contributed by atoms with van der Waals surface area (Å²) in [6.07, 6.45) is 9.26. The Kier molecular flexibility index (Phi) is 3.54. The first kappa shape index (κ1) is 12.6. The van der Waals surface area contributed by atoms with E-state index in [2.05, 4.69) is 11.1 Å². The molecule has 19 heavy (non-hydrogen) atoms. The highest BCUT2D eigenvalue weighted by Gasteiger charge is 2.29. The smallest absolute Gasteiger partial charge is 0.357 e. The lowest BCUT2D eigenvalue weighted by atomic mass is 9.81. The molecular formula is C16H21NO2. The standard InChI is InChI=1S/C16H21NO2/c1-2-19-16(18)15-14-6-5-12(9-11-3-4-11)10-13(14)7-8-17-15/h7-8,11-12H,2-6,9-10H2,1H3. The Hall–Kier alpha value is -1.38. The van der Waals surface area contributed by atoms with Crippen LogP contribution in [0.3, 0.4) is 0 Å². The molecule has 1 fully saturated rings. The molecule has 0 bridgehead atoms. The summed E-state index contributed by atoms with van der Waals surface area (Å²) in [5.74, 6) is 1.52. The molecule has 1 heterocycles. The van der Waals surface area contributed by atoms with Gasteiger partial charge < -0.3 is 4.74 Å². The predicted molar refractivity (Wildman–Crippen MR) is 73.0 cm³/mol. The van der Waals surface area contributed by atoms with Crippen LogP contribution < -0.4 is 0 Å². The van der Waals surface area contributed by atoms with Gasteiger partial charge in [-0.3, -0.25) is 0 Å². The number of hydrogen-bond acceptors (Lipinski definition) is 3. The second-order valence-corrected chi connectivity index (χ2v) is 5.81. The van der Waals surface area contributed by atoms with Crippen molar-refractivity contribution in [3.63, 3.8) is 0 Å². The fraction of sp³-hybridized carbons (Fsp3) is 0.625. The van der Waals surface area contributed by atoms with E-state index in [4.69, 9.17) is 4.74 Å². The number of nitrogens with zero attached hydrogens (tertiary/aromatic N) is 1. The fourth-order valence-corrected chi connectivity index (χ4v) is 3.17. The van der Waals surface area contributed by atoms with E-state index in [1.54, 1.807) is 6.20 Å². The van der Waals surface area contributed by atoms with Crippen LogP contribution in [0.15, 0.2) is 12.3 Å². The topological polar surface area (TPSA) is 39.2 Å². The summed E-state index contributed by atoms with van der Waals surface area (Å²) in [6.45, 7) is 2.24. The van der Waals surface area contributed by atoms with Crippen LogP contribution in [0.1, 0.15) is 54.2 Å². The lowest BCUT2D eigenvalue weighted by Crippen LogP contribution is -2.20. The molecule has 1 aromatic rings. The van der Waals surface area contributed by atoms with Crippen molar-refractivity contribution in [2.45, 2.75) is 45.4 Å². The van der Waals surface area contributed by atoms with Gasteiger partial charge in [0.1, 0.15) is 0 Å². The second-order valence-electron chi connectivity index (χ2n) is 5.81. The van der Waals surface area contributed by atoms with Gasteiger partial charge in [-0.1, -0.05) is 12.8 Å². The Bertz CT molecular complexity index is 480. The Labute approximate surface area is 114 Å². The van der Waals surface area contributed by atoms with Gasteiger partial charge >= 0.3 is 5.97 Å². The number of carbonyl (C=O) groups excluding carboxylic acids is 1. The molecule has 1 saturated carbocycles. The zero-order valence-electron chi connectivity index (χ0n) is 11.5. The zero-order chi connectivity index (χ0) is 13.2. The lowest BCUT2D eigenvalue weighted by Gasteiger charge is -2.25. The van der Waals surface area contributed by atoms with Gasteiger partial charge in [0, 0.05) is 6.20 Å². The first-order chi connectivity index (χ1) is 9.28. The number of carbonyl (C=O) groups is 1. The summed E-state index contributed by atoms with van der Waals surface area (Å²) < 4.78 is 5.09. The molecule has 3 nitrogen and oxygen atoms in total. The van der Waals surface area contributed by atoms with E-state index >= 15 is 0 Å². The van der Waals surface area contributed by atoms with Crippen molar-refractivity contribution in [1.82, 2.24) is 4.98 Å². The Morgan fingerprint density at radius 3 is 2.95 bits per heavy atom. The van der Waals surface area contributed by atoms with Crippen molar-refractivity contribution in [3.05, 3.63) is 29.1 Å². The summed E-state index contributed by atoms with van der Waals surface area (Å²) >= 11 is 0. The van der Waals surface area contributed by atoms with Crippen molar-refractivity contribution >= 4 is 5.97 Å². The highest BCUT2D eigenvalue weighted by Crippen LogP contribution is 2.39. The van der Waals surface area contributed by atoms with Gasteiger partial charge in [0.25, 0.3) is 0 Å². The molecule has 3 rings (SSSR count). The molecule has 0 spiro atoms. The van der Waals surface area contributed by atoms with Crippen LogP contribution in [-0.4, -0.2) is 17.6 Å². The molecule has 0 radical (unpaired) electrons. The molecule has 0 aromatic carbocycles. The van der Waals surface area contributed by atoms with Gasteiger partial charge in [-0.05, 0) is 61.6 Å². The van der Waals surface area contributed by atoms with Gasteiger partial charge in [-0.25, -0.2) is 9.78 Å². The van der Waals surface area contributed by atoms with Gasteiger partial charge in [-0.15, -0.1) is 0 Å². The largest absolute Gasteiger partial charge is 0.461 e. The van der Waals surface area contributed by atoms with Gasteiger partial charge in [0.2, 0.25) is 0 Å².